The maximum Gasteiger partial charge on any atom is 0.238 e. The van der Waals surface area contributed by atoms with E-state index in [4.69, 9.17) is 32.7 Å². The molecular formula is C19H14Cl2N4O4S. The van der Waals surface area contributed by atoms with Gasteiger partial charge in [-0.1, -0.05) is 35.0 Å². The lowest BCUT2D eigenvalue weighted by molar-refractivity contribution is -0.123. The first kappa shape index (κ1) is 20.5. The van der Waals surface area contributed by atoms with E-state index in [-0.39, 0.29) is 30.2 Å². The quantitative estimate of drug-likeness (QED) is 0.530. The Morgan fingerprint density at radius 3 is 2.83 bits per heavy atom. The Hall–Kier alpha value is -2.75. The number of nitrogens with zero attached hydrogens (tertiary/aromatic N) is 2. The van der Waals surface area contributed by atoms with Crippen LogP contribution in [0.2, 0.25) is 10.0 Å². The summed E-state index contributed by atoms with van der Waals surface area (Å²) in [6.07, 6.45) is 1.53. The first-order valence-corrected chi connectivity index (χ1v) is 10.3. The van der Waals surface area contributed by atoms with Crippen LogP contribution < -0.4 is 20.1 Å². The maximum absolute atomic E-state index is 12.6. The zero-order chi connectivity index (χ0) is 21.1. The number of carbonyl (C=O) groups excluding carboxylic acids is 2. The summed E-state index contributed by atoms with van der Waals surface area (Å²) < 4.78 is 10.6. The van der Waals surface area contributed by atoms with E-state index < -0.39 is 5.25 Å². The van der Waals surface area contributed by atoms with Crippen LogP contribution in [-0.2, 0) is 9.59 Å². The Balaban J connectivity index is 1.41. The summed E-state index contributed by atoms with van der Waals surface area (Å²) in [7, 11) is 0. The van der Waals surface area contributed by atoms with Crippen LogP contribution in [0.15, 0.2) is 46.6 Å². The fourth-order valence-electron chi connectivity index (χ4n) is 2.68. The third kappa shape index (κ3) is 4.86. The number of halogens is 2. The third-order valence-electron chi connectivity index (χ3n) is 4.10. The number of carbonyl (C=O) groups is 2. The molecule has 2 heterocycles. The second-order valence-corrected chi connectivity index (χ2v) is 8.25. The van der Waals surface area contributed by atoms with Crippen molar-refractivity contribution in [3.63, 3.8) is 0 Å². The van der Waals surface area contributed by atoms with Gasteiger partial charge < -0.3 is 20.1 Å². The molecule has 2 aliphatic heterocycles. The number of ether oxygens (including phenoxy) is 2. The predicted molar refractivity (Wildman–Crippen MR) is 117 cm³/mol. The third-order valence-corrected chi connectivity index (χ3v) is 5.91. The van der Waals surface area contributed by atoms with Crippen LogP contribution >= 0.6 is 35.0 Å². The largest absolute Gasteiger partial charge is 0.454 e. The van der Waals surface area contributed by atoms with Gasteiger partial charge in [0, 0.05) is 12.1 Å². The molecular weight excluding hydrogens is 451 g/mol. The minimum atomic E-state index is -0.660. The highest BCUT2D eigenvalue weighted by Gasteiger charge is 2.30. The fourth-order valence-corrected chi connectivity index (χ4v) is 3.91. The highest BCUT2D eigenvalue weighted by atomic mass is 35.5. The highest BCUT2D eigenvalue weighted by Crippen LogP contribution is 2.32. The second-order valence-electron chi connectivity index (χ2n) is 6.24. The van der Waals surface area contributed by atoms with Gasteiger partial charge in [0.2, 0.25) is 18.6 Å². The van der Waals surface area contributed by atoms with Gasteiger partial charge >= 0.3 is 0 Å². The van der Waals surface area contributed by atoms with Crippen molar-refractivity contribution in [3.8, 4) is 11.5 Å². The monoisotopic (exact) mass is 464 g/mol. The molecule has 2 amide bonds. The maximum atomic E-state index is 12.6. The van der Waals surface area contributed by atoms with Crippen molar-refractivity contribution in [1.29, 1.82) is 0 Å². The normalized spacial score (nSPS) is 19.2. The van der Waals surface area contributed by atoms with Crippen LogP contribution in [0.4, 0.5) is 5.69 Å². The van der Waals surface area contributed by atoms with Gasteiger partial charge in [0.05, 0.1) is 16.3 Å². The van der Waals surface area contributed by atoms with E-state index in [9.17, 15) is 9.59 Å². The van der Waals surface area contributed by atoms with Crippen LogP contribution in [0.5, 0.6) is 11.5 Å². The summed E-state index contributed by atoms with van der Waals surface area (Å²) in [6.45, 7) is 0.187. The average Bonchev–Trinajstić information content (AvgIpc) is 3.18. The fraction of sp³-hybridized carbons (Fsp3) is 0.158. The number of hydrogen-bond donors (Lipinski definition) is 2. The van der Waals surface area contributed by atoms with E-state index in [1.54, 1.807) is 36.4 Å². The van der Waals surface area contributed by atoms with Gasteiger partial charge in [0.25, 0.3) is 0 Å². The zero-order valence-electron chi connectivity index (χ0n) is 15.2. The number of amides is 2. The Kier molecular flexibility index (Phi) is 6.12. The summed E-state index contributed by atoms with van der Waals surface area (Å²) >= 11 is 13.0. The molecule has 0 spiro atoms. The first-order valence-electron chi connectivity index (χ1n) is 8.71. The molecule has 0 aromatic heterocycles. The highest BCUT2D eigenvalue weighted by molar-refractivity contribution is 8.15. The Morgan fingerprint density at radius 2 is 2.00 bits per heavy atom. The predicted octanol–water partition coefficient (Wildman–Crippen LogP) is 3.67. The van der Waals surface area contributed by atoms with Crippen molar-refractivity contribution in [2.24, 2.45) is 10.2 Å². The molecule has 8 nitrogen and oxygen atoms in total. The molecule has 0 radical (unpaired) electrons. The van der Waals surface area contributed by atoms with Crippen LogP contribution in [0, 0.1) is 0 Å². The molecule has 0 bridgehead atoms. The first-order chi connectivity index (χ1) is 14.5. The van der Waals surface area contributed by atoms with Gasteiger partial charge in [-0.2, -0.15) is 5.10 Å². The van der Waals surface area contributed by atoms with Crippen molar-refractivity contribution >= 4 is 63.8 Å². The van der Waals surface area contributed by atoms with Gasteiger partial charge in [0.15, 0.2) is 16.7 Å². The molecule has 2 aromatic carbocycles. The lowest BCUT2D eigenvalue weighted by Gasteiger charge is -2.21. The minimum Gasteiger partial charge on any atom is -0.454 e. The number of amidine groups is 1. The Labute approximate surface area is 185 Å². The van der Waals surface area contributed by atoms with E-state index in [2.05, 4.69) is 20.8 Å². The van der Waals surface area contributed by atoms with Crippen molar-refractivity contribution in [2.75, 3.05) is 12.1 Å². The molecule has 4 rings (SSSR count). The molecule has 1 unspecified atom stereocenters. The van der Waals surface area contributed by atoms with Gasteiger partial charge in [0.1, 0.15) is 5.25 Å². The van der Waals surface area contributed by atoms with Crippen molar-refractivity contribution in [2.45, 2.75) is 11.7 Å². The van der Waals surface area contributed by atoms with E-state index >= 15 is 0 Å². The van der Waals surface area contributed by atoms with Crippen molar-refractivity contribution < 1.29 is 19.1 Å². The van der Waals surface area contributed by atoms with Crippen LogP contribution in [0.3, 0.4) is 0 Å². The van der Waals surface area contributed by atoms with Gasteiger partial charge in [-0.3, -0.25) is 9.59 Å². The number of hydrogen-bond acceptors (Lipinski definition) is 7. The van der Waals surface area contributed by atoms with Gasteiger partial charge in [-0.15, -0.1) is 5.10 Å². The summed E-state index contributed by atoms with van der Waals surface area (Å²) in [4.78, 5) is 24.5. The molecule has 1 saturated heterocycles. The number of benzene rings is 2. The van der Waals surface area contributed by atoms with E-state index in [0.717, 1.165) is 17.3 Å². The molecule has 2 N–H and O–H groups in total. The SMILES string of the molecule is O=C1CC(C(=O)Nc2ccc(Cl)c(Cl)c2)S/C(=N\N=C\c2ccc3c(c2)OCO3)N1. The van der Waals surface area contributed by atoms with Crippen LogP contribution in [0.1, 0.15) is 12.0 Å². The minimum absolute atomic E-state index is 0.0166. The number of thioether (sulfide) groups is 1. The summed E-state index contributed by atoms with van der Waals surface area (Å²) in [5, 5.41) is 13.6. The Morgan fingerprint density at radius 1 is 1.17 bits per heavy atom. The summed E-state index contributed by atoms with van der Waals surface area (Å²) in [5.41, 5.74) is 1.24. The van der Waals surface area contributed by atoms with Gasteiger partial charge in [-0.05, 0) is 42.0 Å². The summed E-state index contributed by atoms with van der Waals surface area (Å²) in [5.74, 6) is 0.635. The van der Waals surface area contributed by atoms with Crippen LogP contribution in [0.25, 0.3) is 0 Å². The molecule has 0 aliphatic carbocycles. The topological polar surface area (TPSA) is 101 Å². The lowest BCUT2D eigenvalue weighted by Crippen LogP contribution is -2.41. The van der Waals surface area contributed by atoms with E-state index in [0.29, 0.717) is 27.2 Å². The van der Waals surface area contributed by atoms with Gasteiger partial charge in [-0.25, -0.2) is 0 Å². The summed E-state index contributed by atoms with van der Waals surface area (Å²) in [6, 6.07) is 10.1. The molecule has 2 aromatic rings. The average molecular weight is 465 g/mol. The Bertz CT molecular complexity index is 1080. The number of fused-ring (bicyclic) bond motifs is 1. The van der Waals surface area contributed by atoms with Crippen molar-refractivity contribution in [1.82, 2.24) is 5.32 Å². The number of rotatable bonds is 4. The molecule has 154 valence electrons. The molecule has 30 heavy (non-hydrogen) atoms. The zero-order valence-corrected chi connectivity index (χ0v) is 17.6. The lowest BCUT2D eigenvalue weighted by atomic mass is 10.2. The number of anilines is 1. The van der Waals surface area contributed by atoms with Crippen molar-refractivity contribution in [3.05, 3.63) is 52.0 Å². The molecule has 11 heteroatoms. The van der Waals surface area contributed by atoms with E-state index in [1.807, 2.05) is 0 Å². The molecule has 0 saturated carbocycles. The molecule has 2 aliphatic rings. The smallest absolute Gasteiger partial charge is 0.238 e. The number of nitrogens with one attached hydrogen (secondary N) is 2. The second kappa shape index (κ2) is 8.95. The molecule has 1 atom stereocenters. The van der Waals surface area contributed by atoms with Crippen LogP contribution in [-0.4, -0.2) is 35.2 Å². The van der Waals surface area contributed by atoms with E-state index in [1.165, 1.54) is 6.21 Å². The molecule has 1 fully saturated rings. The standard InChI is InChI=1S/C19H14Cl2N4O4S/c20-12-3-2-11(6-13(12)21)23-18(27)16-7-17(26)24-19(30-16)25-22-8-10-1-4-14-15(5-10)29-9-28-14/h1-6,8,16H,7,9H2,(H,23,27)(H,24,25,26)/b22-8+.